The summed E-state index contributed by atoms with van der Waals surface area (Å²) in [5.74, 6) is -1.21. The molecule has 0 aliphatic heterocycles. The van der Waals surface area contributed by atoms with Crippen molar-refractivity contribution in [3.63, 3.8) is 0 Å². The van der Waals surface area contributed by atoms with Gasteiger partial charge in [0, 0.05) is 25.2 Å². The number of pyridine rings is 1. The molecule has 0 saturated carbocycles. The van der Waals surface area contributed by atoms with Crippen LogP contribution in [0.25, 0.3) is 10.9 Å². The molecule has 1 unspecified atom stereocenters. The summed E-state index contributed by atoms with van der Waals surface area (Å²) in [6.07, 6.45) is 1.30. The largest absolute Gasteiger partial charge is 0.477 e. The van der Waals surface area contributed by atoms with Crippen LogP contribution >= 0.6 is 0 Å². The molecule has 2 rings (SSSR count). The smallest absolute Gasteiger partial charge is 0.341 e. The molecule has 100 valence electrons. The van der Waals surface area contributed by atoms with Crippen molar-refractivity contribution in [2.75, 3.05) is 7.11 Å². The predicted molar refractivity (Wildman–Crippen MR) is 71.6 cm³/mol. The number of carboxylic acid groups (broad SMARTS) is 1. The number of hydrogen-bond donors (Lipinski definition) is 1. The van der Waals surface area contributed by atoms with Gasteiger partial charge in [-0.05, 0) is 19.1 Å². The summed E-state index contributed by atoms with van der Waals surface area (Å²) in [6.45, 7) is 2.37. The third-order valence-electron chi connectivity index (χ3n) is 3.07. The lowest BCUT2D eigenvalue weighted by Gasteiger charge is -2.16. The maximum Gasteiger partial charge on any atom is 0.341 e. The third-order valence-corrected chi connectivity index (χ3v) is 3.07. The molecule has 1 N–H and O–H groups in total. The fourth-order valence-corrected chi connectivity index (χ4v) is 2.00. The van der Waals surface area contributed by atoms with Gasteiger partial charge in [-0.25, -0.2) is 4.79 Å². The second kappa shape index (κ2) is 5.24. The van der Waals surface area contributed by atoms with Crippen LogP contribution in [0.3, 0.4) is 0 Å². The van der Waals surface area contributed by atoms with E-state index in [0.29, 0.717) is 17.4 Å². The zero-order chi connectivity index (χ0) is 14.0. The van der Waals surface area contributed by atoms with E-state index >= 15 is 0 Å². The van der Waals surface area contributed by atoms with Gasteiger partial charge in [-0.15, -0.1) is 0 Å². The second-order valence-electron chi connectivity index (χ2n) is 4.39. The van der Waals surface area contributed by atoms with E-state index in [-0.39, 0.29) is 11.7 Å². The number of methoxy groups -OCH3 is 1. The van der Waals surface area contributed by atoms with Crippen molar-refractivity contribution in [1.29, 1.82) is 0 Å². The molecule has 1 aromatic heterocycles. The number of para-hydroxylation sites is 1. The van der Waals surface area contributed by atoms with Gasteiger partial charge >= 0.3 is 5.97 Å². The van der Waals surface area contributed by atoms with Gasteiger partial charge in [-0.1, -0.05) is 12.1 Å². The summed E-state index contributed by atoms with van der Waals surface area (Å²) < 4.78 is 6.93. The van der Waals surface area contributed by atoms with Gasteiger partial charge in [0.05, 0.1) is 11.6 Å². The van der Waals surface area contributed by atoms with Crippen LogP contribution in [0.15, 0.2) is 35.3 Å². The molecular formula is C14H15NO4. The average Bonchev–Trinajstić information content (AvgIpc) is 2.41. The van der Waals surface area contributed by atoms with Gasteiger partial charge in [0.15, 0.2) is 0 Å². The molecule has 0 saturated heterocycles. The lowest BCUT2D eigenvalue weighted by molar-refractivity contribution is 0.0693. The number of nitrogens with zero attached hydrogens (tertiary/aromatic N) is 1. The molecule has 1 aromatic carbocycles. The molecule has 1 heterocycles. The highest BCUT2D eigenvalue weighted by atomic mass is 16.5. The third kappa shape index (κ3) is 2.51. The first-order valence-corrected chi connectivity index (χ1v) is 5.93. The van der Waals surface area contributed by atoms with E-state index < -0.39 is 11.4 Å². The van der Waals surface area contributed by atoms with Gasteiger partial charge < -0.3 is 14.4 Å². The second-order valence-corrected chi connectivity index (χ2v) is 4.39. The van der Waals surface area contributed by atoms with Crippen LogP contribution in [0, 0.1) is 0 Å². The first kappa shape index (κ1) is 13.3. The molecule has 2 aromatic rings. The SMILES string of the molecule is COC(C)Cn1cc(C(=O)O)c(=O)c2ccccc21. The van der Waals surface area contributed by atoms with Crippen molar-refractivity contribution in [3.8, 4) is 0 Å². The minimum absolute atomic E-state index is 0.0763. The molecule has 0 spiro atoms. The Bertz CT molecular complexity index is 675. The topological polar surface area (TPSA) is 68.5 Å². The first-order valence-electron chi connectivity index (χ1n) is 5.93. The lowest BCUT2D eigenvalue weighted by atomic mass is 10.1. The Hall–Kier alpha value is -2.14. The van der Waals surface area contributed by atoms with E-state index in [0.717, 1.165) is 0 Å². The van der Waals surface area contributed by atoms with Crippen LogP contribution in [-0.4, -0.2) is 28.9 Å². The van der Waals surface area contributed by atoms with Gasteiger partial charge in [-0.2, -0.15) is 0 Å². The highest BCUT2D eigenvalue weighted by Crippen LogP contribution is 2.13. The molecule has 0 bridgehead atoms. The summed E-state index contributed by atoms with van der Waals surface area (Å²) >= 11 is 0. The number of ether oxygens (including phenoxy) is 1. The molecule has 5 heteroatoms. The summed E-state index contributed by atoms with van der Waals surface area (Å²) in [4.78, 5) is 23.2. The number of rotatable bonds is 4. The minimum atomic E-state index is -1.21. The summed E-state index contributed by atoms with van der Waals surface area (Å²) in [7, 11) is 1.59. The number of hydrogen-bond acceptors (Lipinski definition) is 3. The van der Waals surface area contributed by atoms with Crippen LogP contribution in [0.1, 0.15) is 17.3 Å². The van der Waals surface area contributed by atoms with Crippen LogP contribution < -0.4 is 5.43 Å². The maximum atomic E-state index is 12.1. The quantitative estimate of drug-likeness (QED) is 0.910. The summed E-state index contributed by atoms with van der Waals surface area (Å²) in [5.41, 5.74) is 0.0350. The van der Waals surface area contributed by atoms with Crippen LogP contribution in [0.2, 0.25) is 0 Å². The molecular weight excluding hydrogens is 246 g/mol. The van der Waals surface area contributed by atoms with Crippen LogP contribution in [-0.2, 0) is 11.3 Å². The fourth-order valence-electron chi connectivity index (χ4n) is 2.00. The first-order chi connectivity index (χ1) is 9.04. The molecule has 0 radical (unpaired) electrons. The monoisotopic (exact) mass is 261 g/mol. The van der Waals surface area contributed by atoms with Crippen molar-refractivity contribution < 1.29 is 14.6 Å². The Balaban J connectivity index is 2.71. The van der Waals surface area contributed by atoms with Gasteiger partial charge in [0.25, 0.3) is 0 Å². The number of fused-ring (bicyclic) bond motifs is 1. The lowest BCUT2D eigenvalue weighted by Crippen LogP contribution is -2.22. The Morgan fingerprint density at radius 2 is 2.11 bits per heavy atom. The maximum absolute atomic E-state index is 12.1. The number of aromatic nitrogens is 1. The standard InChI is InChI=1S/C14H15NO4/c1-9(19-2)7-15-8-11(14(17)18)13(16)10-5-3-4-6-12(10)15/h3-6,8-9H,7H2,1-2H3,(H,17,18). The normalized spacial score (nSPS) is 12.5. The average molecular weight is 261 g/mol. The molecule has 0 aliphatic rings. The number of aromatic carboxylic acids is 1. The predicted octanol–water partition coefficient (Wildman–Crippen LogP) is 1.73. The van der Waals surface area contributed by atoms with E-state index in [4.69, 9.17) is 9.84 Å². The highest BCUT2D eigenvalue weighted by Gasteiger charge is 2.15. The Morgan fingerprint density at radius 3 is 2.74 bits per heavy atom. The van der Waals surface area contributed by atoms with Gasteiger partial charge in [-0.3, -0.25) is 4.79 Å². The molecule has 0 amide bonds. The number of benzene rings is 1. The van der Waals surface area contributed by atoms with Gasteiger partial charge in [0.1, 0.15) is 5.56 Å². The van der Waals surface area contributed by atoms with E-state index in [1.807, 2.05) is 13.0 Å². The van der Waals surface area contributed by atoms with Crippen molar-refractivity contribution in [2.45, 2.75) is 19.6 Å². The minimum Gasteiger partial charge on any atom is -0.477 e. The van der Waals surface area contributed by atoms with E-state index in [2.05, 4.69) is 0 Å². The highest BCUT2D eigenvalue weighted by molar-refractivity contribution is 5.92. The van der Waals surface area contributed by atoms with E-state index in [9.17, 15) is 9.59 Å². The molecule has 0 aliphatic carbocycles. The van der Waals surface area contributed by atoms with Crippen molar-refractivity contribution in [2.24, 2.45) is 0 Å². The van der Waals surface area contributed by atoms with Gasteiger partial charge in [0.2, 0.25) is 5.43 Å². The van der Waals surface area contributed by atoms with Crippen molar-refractivity contribution >= 4 is 16.9 Å². The summed E-state index contributed by atoms with van der Waals surface area (Å²) in [6, 6.07) is 6.97. The Kier molecular flexibility index (Phi) is 3.66. The van der Waals surface area contributed by atoms with Crippen LogP contribution in [0.4, 0.5) is 0 Å². The Morgan fingerprint density at radius 1 is 1.42 bits per heavy atom. The molecule has 0 fully saturated rings. The molecule has 19 heavy (non-hydrogen) atoms. The fraction of sp³-hybridized carbons (Fsp3) is 0.286. The molecule has 5 nitrogen and oxygen atoms in total. The number of carboxylic acids is 1. The van der Waals surface area contributed by atoms with Crippen molar-refractivity contribution in [3.05, 3.63) is 46.2 Å². The zero-order valence-electron chi connectivity index (χ0n) is 10.8. The van der Waals surface area contributed by atoms with Crippen LogP contribution in [0.5, 0.6) is 0 Å². The zero-order valence-corrected chi connectivity index (χ0v) is 10.8. The molecule has 1 atom stereocenters. The summed E-state index contributed by atoms with van der Waals surface area (Å²) in [5, 5.41) is 9.50. The van der Waals surface area contributed by atoms with E-state index in [1.54, 1.807) is 29.9 Å². The van der Waals surface area contributed by atoms with Crippen molar-refractivity contribution in [1.82, 2.24) is 4.57 Å². The van der Waals surface area contributed by atoms with E-state index in [1.165, 1.54) is 6.20 Å². The number of carbonyl (C=O) groups is 1. The Labute approximate surface area is 110 Å².